The number of methoxy groups -OCH3 is 1. The molecule has 0 atom stereocenters. The summed E-state index contributed by atoms with van der Waals surface area (Å²) in [5.74, 6) is 0. The van der Waals surface area contributed by atoms with Crippen molar-refractivity contribution in [3.63, 3.8) is 0 Å². The minimum atomic E-state index is 0.600. The van der Waals surface area contributed by atoms with Gasteiger partial charge in [0.25, 0.3) is 0 Å². The van der Waals surface area contributed by atoms with Gasteiger partial charge in [-0.1, -0.05) is 6.08 Å². The highest BCUT2D eigenvalue weighted by Crippen LogP contribution is 1.80. The van der Waals surface area contributed by atoms with Crippen LogP contribution in [0.3, 0.4) is 0 Å². The van der Waals surface area contributed by atoms with Crippen molar-refractivity contribution in [1.29, 1.82) is 0 Å². The van der Waals surface area contributed by atoms with Crippen molar-refractivity contribution >= 4 is 0 Å². The molecule has 0 aliphatic carbocycles. The third kappa shape index (κ3) is 5.66. The molecule has 0 saturated heterocycles. The van der Waals surface area contributed by atoms with E-state index in [0.29, 0.717) is 13.2 Å². The van der Waals surface area contributed by atoms with E-state index in [1.54, 1.807) is 19.8 Å². The monoisotopic (exact) mass is 115 g/mol. The second-order valence-corrected chi connectivity index (χ2v) is 1.24. The quantitative estimate of drug-likeness (QED) is 0.497. The lowest BCUT2D eigenvalue weighted by atomic mass is 10.7. The zero-order valence-corrected chi connectivity index (χ0v) is 5.09. The standard InChI is InChI=1S/C6H11O2/c1-3-4-8-6-5-7-2/h3-4H,1,5-6H2,2H3. The van der Waals surface area contributed by atoms with Gasteiger partial charge >= 0.3 is 0 Å². The fraction of sp³-hybridized carbons (Fsp3) is 0.500. The molecule has 0 aromatic rings. The maximum Gasteiger partial charge on any atom is 0.105 e. The van der Waals surface area contributed by atoms with Crippen molar-refractivity contribution in [3.8, 4) is 0 Å². The molecular formula is C6H11O2. The van der Waals surface area contributed by atoms with Gasteiger partial charge in [0, 0.05) is 7.11 Å². The Labute approximate surface area is 50.1 Å². The minimum Gasteiger partial charge on any atom is -0.382 e. The van der Waals surface area contributed by atoms with Crippen LogP contribution in [0.15, 0.2) is 12.7 Å². The molecule has 0 N–H and O–H groups in total. The summed E-state index contributed by atoms with van der Waals surface area (Å²) < 4.78 is 9.56. The fourth-order valence-corrected chi connectivity index (χ4v) is 0.268. The summed E-state index contributed by atoms with van der Waals surface area (Å²) in [5.41, 5.74) is 0. The first-order valence-electron chi connectivity index (χ1n) is 2.46. The third-order valence-corrected chi connectivity index (χ3v) is 0.598. The van der Waals surface area contributed by atoms with Gasteiger partial charge in [0.2, 0.25) is 0 Å². The molecular weight excluding hydrogens is 104 g/mol. The van der Waals surface area contributed by atoms with Crippen LogP contribution in [0.4, 0.5) is 0 Å². The van der Waals surface area contributed by atoms with E-state index in [1.165, 1.54) is 0 Å². The van der Waals surface area contributed by atoms with E-state index in [-0.39, 0.29) is 0 Å². The predicted octanol–water partition coefficient (Wildman–Crippen LogP) is 0.997. The fourth-order valence-electron chi connectivity index (χ4n) is 0.268. The molecule has 2 nitrogen and oxygen atoms in total. The molecule has 0 amide bonds. The molecule has 8 heavy (non-hydrogen) atoms. The molecule has 2 heteroatoms. The van der Waals surface area contributed by atoms with Crippen molar-refractivity contribution in [1.82, 2.24) is 0 Å². The lowest BCUT2D eigenvalue weighted by Crippen LogP contribution is -1.97. The zero-order valence-electron chi connectivity index (χ0n) is 5.09. The van der Waals surface area contributed by atoms with Crippen LogP contribution in [0.5, 0.6) is 0 Å². The highest BCUT2D eigenvalue weighted by atomic mass is 16.5. The van der Waals surface area contributed by atoms with Crippen LogP contribution >= 0.6 is 0 Å². The maximum atomic E-state index is 4.86. The van der Waals surface area contributed by atoms with Crippen LogP contribution in [0.1, 0.15) is 0 Å². The van der Waals surface area contributed by atoms with Crippen molar-refractivity contribution in [2.24, 2.45) is 0 Å². The summed E-state index contributed by atoms with van der Waals surface area (Å²) in [5, 5.41) is 0. The number of rotatable bonds is 5. The van der Waals surface area contributed by atoms with E-state index in [4.69, 9.17) is 9.47 Å². The van der Waals surface area contributed by atoms with E-state index in [9.17, 15) is 0 Å². The molecule has 0 bridgehead atoms. The first kappa shape index (κ1) is 7.66. The van der Waals surface area contributed by atoms with Crippen molar-refractivity contribution in [2.75, 3.05) is 20.3 Å². The Bertz CT molecular complexity index is 52.5. The van der Waals surface area contributed by atoms with Crippen LogP contribution < -0.4 is 0 Å². The Kier molecular flexibility index (Phi) is 6.38. The van der Waals surface area contributed by atoms with Gasteiger partial charge in [0.1, 0.15) is 6.61 Å². The average Bonchev–Trinajstić information content (AvgIpc) is 1.81. The molecule has 0 heterocycles. The van der Waals surface area contributed by atoms with E-state index >= 15 is 0 Å². The van der Waals surface area contributed by atoms with Gasteiger partial charge < -0.3 is 9.47 Å². The summed E-state index contributed by atoms with van der Waals surface area (Å²) in [6, 6.07) is 0. The lowest BCUT2D eigenvalue weighted by Gasteiger charge is -1.96. The van der Waals surface area contributed by atoms with Crippen molar-refractivity contribution < 1.29 is 9.47 Å². The molecule has 0 aliphatic heterocycles. The Morgan fingerprint density at radius 3 is 2.75 bits per heavy atom. The predicted molar refractivity (Wildman–Crippen MR) is 32.3 cm³/mol. The van der Waals surface area contributed by atoms with Crippen LogP contribution in [-0.2, 0) is 9.47 Å². The molecule has 0 aromatic heterocycles. The second-order valence-electron chi connectivity index (χ2n) is 1.24. The number of hydrogen-bond donors (Lipinski definition) is 0. The summed E-state index contributed by atoms with van der Waals surface area (Å²) in [4.78, 5) is 0. The highest BCUT2D eigenvalue weighted by Gasteiger charge is 1.80. The van der Waals surface area contributed by atoms with E-state index in [0.717, 1.165) is 0 Å². The average molecular weight is 115 g/mol. The Morgan fingerprint density at radius 2 is 2.25 bits per heavy atom. The van der Waals surface area contributed by atoms with Gasteiger partial charge in [-0.25, -0.2) is 0 Å². The normalized spacial score (nSPS) is 9.12. The van der Waals surface area contributed by atoms with Gasteiger partial charge in [0.15, 0.2) is 0 Å². The Morgan fingerprint density at radius 1 is 1.50 bits per heavy atom. The van der Waals surface area contributed by atoms with Crippen molar-refractivity contribution in [3.05, 3.63) is 19.3 Å². The molecule has 0 fully saturated rings. The highest BCUT2D eigenvalue weighted by molar-refractivity contribution is 4.76. The maximum absolute atomic E-state index is 4.86. The van der Waals surface area contributed by atoms with Crippen LogP contribution in [0.25, 0.3) is 0 Å². The van der Waals surface area contributed by atoms with Gasteiger partial charge in [-0.2, -0.15) is 0 Å². The van der Waals surface area contributed by atoms with Crippen LogP contribution in [0.2, 0.25) is 0 Å². The van der Waals surface area contributed by atoms with Crippen LogP contribution in [0, 0.1) is 6.61 Å². The lowest BCUT2D eigenvalue weighted by molar-refractivity contribution is 0.110. The number of ether oxygens (including phenoxy) is 2. The minimum absolute atomic E-state index is 0.600. The topological polar surface area (TPSA) is 18.5 Å². The Balaban J connectivity index is 2.62. The summed E-state index contributed by atoms with van der Waals surface area (Å²) in [6.45, 7) is 6.21. The summed E-state index contributed by atoms with van der Waals surface area (Å²) >= 11 is 0. The summed E-state index contributed by atoms with van der Waals surface area (Å²) in [7, 11) is 1.64. The van der Waals surface area contributed by atoms with Gasteiger partial charge in [0.05, 0.1) is 13.2 Å². The van der Waals surface area contributed by atoms with Crippen LogP contribution in [-0.4, -0.2) is 20.3 Å². The van der Waals surface area contributed by atoms with Gasteiger partial charge in [-0.15, -0.1) is 6.58 Å². The molecule has 0 unspecified atom stereocenters. The molecule has 47 valence electrons. The molecule has 0 saturated carbocycles. The molecule has 0 spiro atoms. The van der Waals surface area contributed by atoms with E-state index in [2.05, 4.69) is 6.58 Å². The van der Waals surface area contributed by atoms with E-state index in [1.807, 2.05) is 0 Å². The molecule has 0 rings (SSSR count). The first-order chi connectivity index (χ1) is 3.91. The van der Waals surface area contributed by atoms with Crippen molar-refractivity contribution in [2.45, 2.75) is 0 Å². The van der Waals surface area contributed by atoms with Gasteiger partial charge in [-0.3, -0.25) is 0 Å². The first-order valence-corrected chi connectivity index (χ1v) is 2.46. The zero-order chi connectivity index (χ0) is 6.24. The smallest absolute Gasteiger partial charge is 0.105 e. The SMILES string of the molecule is C=C[CH]OCCOC. The molecule has 0 aliphatic rings. The largest absolute Gasteiger partial charge is 0.382 e. The Hall–Kier alpha value is -0.340. The van der Waals surface area contributed by atoms with Gasteiger partial charge in [-0.05, 0) is 0 Å². The van der Waals surface area contributed by atoms with E-state index < -0.39 is 0 Å². The third-order valence-electron chi connectivity index (χ3n) is 0.598. The molecule has 0 aromatic carbocycles. The number of hydrogen-bond acceptors (Lipinski definition) is 2. The molecule has 1 radical (unpaired) electrons. The second kappa shape index (κ2) is 6.66. The summed E-state index contributed by atoms with van der Waals surface area (Å²) in [6.07, 6.45) is 1.59.